The molecule has 1 aromatic carbocycles. The molecule has 0 unspecified atom stereocenters. The van der Waals surface area contributed by atoms with Crippen molar-refractivity contribution in [2.75, 3.05) is 6.54 Å². The van der Waals surface area contributed by atoms with Crippen LogP contribution in [0, 0.1) is 0 Å². The van der Waals surface area contributed by atoms with Gasteiger partial charge in [0.2, 0.25) is 0 Å². The predicted octanol–water partition coefficient (Wildman–Crippen LogP) is 1.42. The molecule has 0 aliphatic heterocycles. The van der Waals surface area contributed by atoms with E-state index in [4.69, 9.17) is 5.73 Å². The molecule has 0 atom stereocenters. The maximum atomic E-state index is 5.77. The summed E-state index contributed by atoms with van der Waals surface area (Å²) in [6.45, 7) is 2.65. The molecule has 2 N–H and O–H groups in total. The second-order valence-electron chi connectivity index (χ2n) is 2.83. The summed E-state index contributed by atoms with van der Waals surface area (Å²) < 4.78 is 8.26. The van der Waals surface area contributed by atoms with E-state index in [-0.39, 0.29) is 0 Å². The number of aromatic nitrogens is 2. The Kier molecular flexibility index (Phi) is 2.41. The standard InChI is InChI=1S/C9H10N4S/c1-2-11-9(10)6-3-4-7-8(5-6)13-14-12-7/h3-5H,2H2,1H3,(H2,10,11). The Morgan fingerprint density at radius 3 is 3.00 bits per heavy atom. The topological polar surface area (TPSA) is 64.2 Å². The number of benzene rings is 1. The maximum absolute atomic E-state index is 5.77. The smallest absolute Gasteiger partial charge is 0.125 e. The predicted molar refractivity (Wildman–Crippen MR) is 58.7 cm³/mol. The second kappa shape index (κ2) is 3.71. The third-order valence-electron chi connectivity index (χ3n) is 1.88. The first-order valence-electron chi connectivity index (χ1n) is 4.34. The van der Waals surface area contributed by atoms with Gasteiger partial charge in [0.1, 0.15) is 16.9 Å². The SMILES string of the molecule is CCN=C(N)c1ccc2nsnc2c1. The van der Waals surface area contributed by atoms with Gasteiger partial charge in [-0.25, -0.2) is 0 Å². The van der Waals surface area contributed by atoms with E-state index in [2.05, 4.69) is 13.7 Å². The molecule has 0 amide bonds. The van der Waals surface area contributed by atoms with E-state index in [1.807, 2.05) is 25.1 Å². The van der Waals surface area contributed by atoms with Gasteiger partial charge in [0.15, 0.2) is 0 Å². The van der Waals surface area contributed by atoms with E-state index in [0.29, 0.717) is 12.4 Å². The summed E-state index contributed by atoms with van der Waals surface area (Å²) in [5.41, 5.74) is 8.46. The quantitative estimate of drug-likeness (QED) is 0.597. The third-order valence-corrected chi connectivity index (χ3v) is 2.43. The number of hydrogen-bond acceptors (Lipinski definition) is 4. The molecule has 2 rings (SSSR count). The lowest BCUT2D eigenvalue weighted by Crippen LogP contribution is -2.13. The Balaban J connectivity index is 2.48. The summed E-state index contributed by atoms with van der Waals surface area (Å²) in [6, 6.07) is 5.73. The van der Waals surface area contributed by atoms with Gasteiger partial charge in [-0.3, -0.25) is 4.99 Å². The van der Waals surface area contributed by atoms with Crippen LogP contribution >= 0.6 is 11.7 Å². The van der Waals surface area contributed by atoms with Crippen molar-refractivity contribution in [2.24, 2.45) is 10.7 Å². The molecule has 0 aliphatic rings. The minimum atomic E-state index is 0.558. The molecule has 0 spiro atoms. The fourth-order valence-electron chi connectivity index (χ4n) is 1.20. The molecular weight excluding hydrogens is 196 g/mol. The molecule has 5 heteroatoms. The number of nitrogens with zero attached hydrogens (tertiary/aromatic N) is 3. The first-order valence-corrected chi connectivity index (χ1v) is 5.07. The van der Waals surface area contributed by atoms with Crippen molar-refractivity contribution < 1.29 is 0 Å². The van der Waals surface area contributed by atoms with Crippen LogP contribution in [0.25, 0.3) is 11.0 Å². The fraction of sp³-hybridized carbons (Fsp3) is 0.222. The number of hydrogen-bond donors (Lipinski definition) is 1. The van der Waals surface area contributed by atoms with E-state index in [1.54, 1.807) is 0 Å². The number of aliphatic imine (C=N–C) groups is 1. The molecular formula is C9H10N4S. The summed E-state index contributed by atoms with van der Waals surface area (Å²) in [4.78, 5) is 4.14. The normalized spacial score (nSPS) is 12.2. The molecule has 0 saturated heterocycles. The van der Waals surface area contributed by atoms with Crippen LogP contribution in [0.15, 0.2) is 23.2 Å². The van der Waals surface area contributed by atoms with Gasteiger partial charge in [0.25, 0.3) is 0 Å². The lowest BCUT2D eigenvalue weighted by molar-refractivity contribution is 1.12. The van der Waals surface area contributed by atoms with Gasteiger partial charge in [-0.15, -0.1) is 0 Å². The van der Waals surface area contributed by atoms with Crippen LogP contribution in [0.5, 0.6) is 0 Å². The van der Waals surface area contributed by atoms with Gasteiger partial charge in [-0.2, -0.15) is 8.75 Å². The Bertz CT molecular complexity index is 474. The molecule has 0 aliphatic carbocycles. The Hall–Kier alpha value is -1.49. The summed E-state index contributed by atoms with van der Waals surface area (Å²) >= 11 is 1.21. The molecule has 1 aromatic heterocycles. The monoisotopic (exact) mass is 206 g/mol. The molecule has 14 heavy (non-hydrogen) atoms. The average molecular weight is 206 g/mol. The molecule has 0 saturated carbocycles. The van der Waals surface area contributed by atoms with Crippen LogP contribution in [0.1, 0.15) is 12.5 Å². The summed E-state index contributed by atoms with van der Waals surface area (Å²) in [7, 11) is 0. The molecule has 0 radical (unpaired) electrons. The highest BCUT2D eigenvalue weighted by atomic mass is 32.1. The maximum Gasteiger partial charge on any atom is 0.125 e. The van der Waals surface area contributed by atoms with Crippen LogP contribution < -0.4 is 5.73 Å². The van der Waals surface area contributed by atoms with Crippen molar-refractivity contribution in [1.82, 2.24) is 8.75 Å². The summed E-state index contributed by atoms with van der Waals surface area (Å²) in [5, 5.41) is 0. The van der Waals surface area contributed by atoms with Gasteiger partial charge in [-0.05, 0) is 25.1 Å². The van der Waals surface area contributed by atoms with Crippen molar-refractivity contribution in [3.63, 3.8) is 0 Å². The summed E-state index contributed by atoms with van der Waals surface area (Å²) in [6.07, 6.45) is 0. The minimum absolute atomic E-state index is 0.558. The zero-order chi connectivity index (χ0) is 9.97. The lowest BCUT2D eigenvalue weighted by Gasteiger charge is -1.98. The van der Waals surface area contributed by atoms with Crippen molar-refractivity contribution in [1.29, 1.82) is 0 Å². The fourth-order valence-corrected chi connectivity index (χ4v) is 1.72. The minimum Gasteiger partial charge on any atom is -0.384 e. The highest BCUT2D eigenvalue weighted by Gasteiger charge is 2.02. The van der Waals surface area contributed by atoms with Gasteiger partial charge < -0.3 is 5.73 Å². The molecule has 0 fully saturated rings. The first-order chi connectivity index (χ1) is 6.81. The third kappa shape index (κ3) is 1.58. The highest BCUT2D eigenvalue weighted by Crippen LogP contribution is 2.13. The Labute approximate surface area is 85.8 Å². The van der Waals surface area contributed by atoms with Crippen molar-refractivity contribution in [3.05, 3.63) is 23.8 Å². The van der Waals surface area contributed by atoms with Gasteiger partial charge in [-0.1, -0.05) is 0 Å². The molecule has 4 nitrogen and oxygen atoms in total. The van der Waals surface area contributed by atoms with Crippen LogP contribution in [0.3, 0.4) is 0 Å². The van der Waals surface area contributed by atoms with Crippen molar-refractivity contribution >= 4 is 28.6 Å². The lowest BCUT2D eigenvalue weighted by atomic mass is 10.2. The zero-order valence-electron chi connectivity index (χ0n) is 7.77. The van der Waals surface area contributed by atoms with Crippen molar-refractivity contribution in [3.8, 4) is 0 Å². The van der Waals surface area contributed by atoms with Crippen LogP contribution in [0.2, 0.25) is 0 Å². The Morgan fingerprint density at radius 1 is 1.43 bits per heavy atom. The van der Waals surface area contributed by atoms with Gasteiger partial charge in [0.05, 0.1) is 11.7 Å². The van der Waals surface area contributed by atoms with E-state index in [9.17, 15) is 0 Å². The summed E-state index contributed by atoms with van der Waals surface area (Å²) in [5.74, 6) is 0.558. The second-order valence-corrected chi connectivity index (χ2v) is 3.36. The van der Waals surface area contributed by atoms with E-state index >= 15 is 0 Å². The number of rotatable bonds is 2. The number of amidine groups is 1. The van der Waals surface area contributed by atoms with E-state index in [1.165, 1.54) is 11.7 Å². The number of fused-ring (bicyclic) bond motifs is 1. The largest absolute Gasteiger partial charge is 0.384 e. The first kappa shape index (κ1) is 9.08. The highest BCUT2D eigenvalue weighted by molar-refractivity contribution is 7.00. The van der Waals surface area contributed by atoms with Gasteiger partial charge in [0, 0.05) is 12.1 Å². The molecule has 2 aromatic rings. The van der Waals surface area contributed by atoms with Gasteiger partial charge >= 0.3 is 0 Å². The van der Waals surface area contributed by atoms with E-state index < -0.39 is 0 Å². The number of nitrogens with two attached hydrogens (primary N) is 1. The average Bonchev–Trinajstić information content (AvgIpc) is 2.64. The van der Waals surface area contributed by atoms with E-state index in [0.717, 1.165) is 16.6 Å². The molecule has 72 valence electrons. The zero-order valence-corrected chi connectivity index (χ0v) is 8.58. The molecule has 0 bridgehead atoms. The molecule has 1 heterocycles. The Morgan fingerprint density at radius 2 is 2.21 bits per heavy atom. The van der Waals surface area contributed by atoms with Crippen LogP contribution in [0.4, 0.5) is 0 Å². The van der Waals surface area contributed by atoms with Crippen LogP contribution in [-0.2, 0) is 0 Å². The van der Waals surface area contributed by atoms with Crippen LogP contribution in [-0.4, -0.2) is 21.1 Å². The van der Waals surface area contributed by atoms with Crippen molar-refractivity contribution in [2.45, 2.75) is 6.92 Å².